The summed E-state index contributed by atoms with van der Waals surface area (Å²) in [5, 5.41) is 12.1. The van der Waals surface area contributed by atoms with Crippen LogP contribution in [-0.2, 0) is 14.3 Å². The molecule has 0 aliphatic carbocycles. The molecule has 2 aliphatic heterocycles. The predicted octanol–water partition coefficient (Wildman–Crippen LogP) is 0.0766. The van der Waals surface area contributed by atoms with Crippen molar-refractivity contribution in [3.05, 3.63) is 0 Å². The molecule has 0 aromatic rings. The number of hydrogen-bond donors (Lipinski definition) is 2. The van der Waals surface area contributed by atoms with E-state index >= 15 is 0 Å². The van der Waals surface area contributed by atoms with Gasteiger partial charge in [0.1, 0.15) is 0 Å². The van der Waals surface area contributed by atoms with Crippen LogP contribution in [0, 0.1) is 5.92 Å². The van der Waals surface area contributed by atoms with Crippen LogP contribution in [0.15, 0.2) is 0 Å². The normalized spacial score (nSPS) is 28.6. The zero-order chi connectivity index (χ0) is 13.8. The van der Waals surface area contributed by atoms with E-state index in [9.17, 15) is 9.59 Å². The molecule has 6 nitrogen and oxygen atoms in total. The van der Waals surface area contributed by atoms with Gasteiger partial charge in [-0.2, -0.15) is 0 Å². The number of carbonyl (C=O) groups excluding carboxylic acids is 1. The van der Waals surface area contributed by atoms with Gasteiger partial charge in [-0.05, 0) is 26.2 Å². The van der Waals surface area contributed by atoms with E-state index in [1.54, 1.807) is 4.90 Å². The number of amides is 1. The average Bonchev–Trinajstić information content (AvgIpc) is 2.81. The molecule has 2 atom stereocenters. The minimum atomic E-state index is -0.748. The molecule has 1 amide bonds. The van der Waals surface area contributed by atoms with Crippen LogP contribution in [0.2, 0.25) is 0 Å². The zero-order valence-electron chi connectivity index (χ0n) is 11.3. The maximum absolute atomic E-state index is 12.0. The van der Waals surface area contributed by atoms with Crippen LogP contribution < -0.4 is 5.32 Å². The van der Waals surface area contributed by atoms with Gasteiger partial charge in [0.25, 0.3) is 0 Å². The topological polar surface area (TPSA) is 78.9 Å². The summed E-state index contributed by atoms with van der Waals surface area (Å²) in [6.45, 7) is 4.17. The minimum absolute atomic E-state index is 0.0583. The Bertz CT molecular complexity index is 340. The molecular weight excluding hydrogens is 248 g/mol. The third-order valence-corrected chi connectivity index (χ3v) is 4.09. The highest BCUT2D eigenvalue weighted by Crippen LogP contribution is 2.17. The van der Waals surface area contributed by atoms with Gasteiger partial charge in [0, 0.05) is 25.7 Å². The molecule has 19 heavy (non-hydrogen) atoms. The van der Waals surface area contributed by atoms with Crippen molar-refractivity contribution in [3.63, 3.8) is 0 Å². The number of aliphatic carboxylic acids is 1. The predicted molar refractivity (Wildman–Crippen MR) is 68.8 cm³/mol. The van der Waals surface area contributed by atoms with Gasteiger partial charge in [-0.25, -0.2) is 0 Å². The average molecular weight is 270 g/mol. The smallest absolute Gasteiger partial charge is 0.306 e. The van der Waals surface area contributed by atoms with Crippen molar-refractivity contribution < 1.29 is 19.4 Å². The van der Waals surface area contributed by atoms with Crippen LogP contribution in [0.25, 0.3) is 0 Å². The first-order valence-electron chi connectivity index (χ1n) is 6.93. The number of nitrogens with one attached hydrogen (secondary N) is 1. The Labute approximate surface area is 113 Å². The van der Waals surface area contributed by atoms with Crippen LogP contribution in [0.4, 0.5) is 0 Å². The monoisotopic (exact) mass is 270 g/mol. The molecule has 2 unspecified atom stereocenters. The van der Waals surface area contributed by atoms with Gasteiger partial charge in [-0.3, -0.25) is 9.59 Å². The zero-order valence-corrected chi connectivity index (χ0v) is 11.3. The number of carboxylic acid groups (broad SMARTS) is 1. The van der Waals surface area contributed by atoms with Gasteiger partial charge in [-0.1, -0.05) is 0 Å². The second-order valence-corrected chi connectivity index (χ2v) is 5.35. The second kappa shape index (κ2) is 6.34. The molecule has 0 radical (unpaired) electrons. The molecular formula is C13H22N2O4. The second-order valence-electron chi connectivity index (χ2n) is 5.35. The Balaban J connectivity index is 1.71. The van der Waals surface area contributed by atoms with E-state index in [-0.39, 0.29) is 24.0 Å². The number of piperidine rings is 1. The van der Waals surface area contributed by atoms with Crippen molar-refractivity contribution >= 4 is 11.9 Å². The van der Waals surface area contributed by atoms with Crippen molar-refractivity contribution in [1.82, 2.24) is 10.2 Å². The van der Waals surface area contributed by atoms with Gasteiger partial charge >= 0.3 is 5.97 Å². The summed E-state index contributed by atoms with van der Waals surface area (Å²) in [5.41, 5.74) is 0. The first-order chi connectivity index (χ1) is 9.08. The summed E-state index contributed by atoms with van der Waals surface area (Å²) < 4.78 is 5.43. The molecule has 6 heteroatoms. The molecule has 2 saturated heterocycles. The third kappa shape index (κ3) is 3.67. The number of carbonyl (C=O) groups is 2. The van der Waals surface area contributed by atoms with E-state index in [0.29, 0.717) is 32.5 Å². The van der Waals surface area contributed by atoms with Crippen LogP contribution in [0.5, 0.6) is 0 Å². The molecule has 0 saturated carbocycles. The fraction of sp³-hybridized carbons (Fsp3) is 0.846. The number of rotatable bonds is 4. The van der Waals surface area contributed by atoms with E-state index < -0.39 is 5.97 Å². The lowest BCUT2D eigenvalue weighted by molar-refractivity contribution is -0.145. The standard InChI is InChI=1S/C13H22N2O4/c1-9-11(4-7-19-9)14-8-12(16)15-5-2-10(3-6-15)13(17)18/h9-11,14H,2-8H2,1H3,(H,17,18). The summed E-state index contributed by atoms with van der Waals surface area (Å²) in [4.78, 5) is 24.6. The number of likely N-dealkylation sites (tertiary alicyclic amines) is 1. The Hall–Kier alpha value is -1.14. The number of carboxylic acids is 1. The Morgan fingerprint density at radius 1 is 1.32 bits per heavy atom. The van der Waals surface area contributed by atoms with Crippen molar-refractivity contribution in [2.24, 2.45) is 5.92 Å². The number of hydrogen-bond acceptors (Lipinski definition) is 4. The van der Waals surface area contributed by atoms with Crippen LogP contribution in [0.1, 0.15) is 26.2 Å². The summed E-state index contributed by atoms with van der Waals surface area (Å²) >= 11 is 0. The molecule has 2 N–H and O–H groups in total. The molecule has 2 fully saturated rings. The highest BCUT2D eigenvalue weighted by atomic mass is 16.5. The van der Waals surface area contributed by atoms with Crippen molar-refractivity contribution in [1.29, 1.82) is 0 Å². The molecule has 0 spiro atoms. The Morgan fingerprint density at radius 2 is 2.00 bits per heavy atom. The summed E-state index contributed by atoms with van der Waals surface area (Å²) in [6.07, 6.45) is 2.22. The van der Waals surface area contributed by atoms with Crippen LogP contribution >= 0.6 is 0 Å². The number of ether oxygens (including phenoxy) is 1. The van der Waals surface area contributed by atoms with E-state index in [4.69, 9.17) is 9.84 Å². The molecule has 2 heterocycles. The summed E-state index contributed by atoms with van der Waals surface area (Å²) in [7, 11) is 0. The van der Waals surface area contributed by atoms with Gasteiger partial charge in [0.15, 0.2) is 0 Å². The maximum atomic E-state index is 12.0. The lowest BCUT2D eigenvalue weighted by Gasteiger charge is -2.30. The van der Waals surface area contributed by atoms with Gasteiger partial charge in [0.05, 0.1) is 18.6 Å². The largest absolute Gasteiger partial charge is 0.481 e. The quantitative estimate of drug-likeness (QED) is 0.756. The lowest BCUT2D eigenvalue weighted by atomic mass is 9.97. The first kappa shape index (κ1) is 14.3. The summed E-state index contributed by atoms with van der Waals surface area (Å²) in [6, 6.07) is 0.250. The van der Waals surface area contributed by atoms with Gasteiger partial charge in [0.2, 0.25) is 5.91 Å². The van der Waals surface area contributed by atoms with Crippen LogP contribution in [0.3, 0.4) is 0 Å². The molecule has 0 aromatic heterocycles. The van der Waals surface area contributed by atoms with Gasteiger partial charge in [-0.15, -0.1) is 0 Å². The van der Waals surface area contributed by atoms with Crippen molar-refractivity contribution in [2.75, 3.05) is 26.2 Å². The van der Waals surface area contributed by atoms with E-state index in [1.165, 1.54) is 0 Å². The van der Waals surface area contributed by atoms with Crippen LogP contribution in [-0.4, -0.2) is 60.3 Å². The van der Waals surface area contributed by atoms with Gasteiger partial charge < -0.3 is 20.1 Å². The lowest BCUT2D eigenvalue weighted by Crippen LogP contribution is -2.47. The van der Waals surface area contributed by atoms with Crippen molar-refractivity contribution in [3.8, 4) is 0 Å². The number of nitrogens with zero attached hydrogens (tertiary/aromatic N) is 1. The fourth-order valence-electron chi connectivity index (χ4n) is 2.71. The molecule has 2 aliphatic rings. The van der Waals surface area contributed by atoms with E-state index in [2.05, 4.69) is 5.32 Å². The highest BCUT2D eigenvalue weighted by molar-refractivity contribution is 5.79. The first-order valence-corrected chi connectivity index (χ1v) is 6.93. The molecule has 2 rings (SSSR count). The summed E-state index contributed by atoms with van der Waals surface area (Å²) in [5.74, 6) is -0.981. The van der Waals surface area contributed by atoms with E-state index in [1.807, 2.05) is 6.92 Å². The highest BCUT2D eigenvalue weighted by Gasteiger charge is 2.28. The maximum Gasteiger partial charge on any atom is 0.306 e. The third-order valence-electron chi connectivity index (χ3n) is 4.09. The SMILES string of the molecule is CC1OCCC1NCC(=O)N1CCC(C(=O)O)CC1. The fourth-order valence-corrected chi connectivity index (χ4v) is 2.71. The van der Waals surface area contributed by atoms with E-state index in [0.717, 1.165) is 13.0 Å². The van der Waals surface area contributed by atoms with Crippen molar-refractivity contribution in [2.45, 2.75) is 38.3 Å². The Morgan fingerprint density at radius 3 is 2.53 bits per heavy atom. The molecule has 0 bridgehead atoms. The molecule has 108 valence electrons. The minimum Gasteiger partial charge on any atom is -0.481 e. The Kier molecular flexibility index (Phi) is 4.76. The molecule has 0 aromatic carbocycles.